The first kappa shape index (κ1) is 12.1. The van der Waals surface area contributed by atoms with E-state index in [4.69, 9.17) is 5.73 Å². The van der Waals surface area contributed by atoms with Gasteiger partial charge >= 0.3 is 0 Å². The van der Waals surface area contributed by atoms with Gasteiger partial charge in [0.1, 0.15) is 0 Å². The number of hydrogen-bond donors (Lipinski definition) is 1. The van der Waals surface area contributed by atoms with Crippen LogP contribution in [0.2, 0.25) is 0 Å². The molecule has 0 aromatic carbocycles. The lowest BCUT2D eigenvalue weighted by Crippen LogP contribution is -2.39. The zero-order valence-electron chi connectivity index (χ0n) is 9.82. The van der Waals surface area contributed by atoms with Gasteiger partial charge in [0, 0.05) is 27.5 Å². The van der Waals surface area contributed by atoms with Crippen LogP contribution in [0.15, 0.2) is 0 Å². The number of thioether (sulfide) groups is 2. The van der Waals surface area contributed by atoms with E-state index in [2.05, 4.69) is 37.4 Å². The van der Waals surface area contributed by atoms with E-state index in [1.165, 1.54) is 31.4 Å². The molecule has 88 valence electrons. The second-order valence-electron chi connectivity index (χ2n) is 5.10. The van der Waals surface area contributed by atoms with Crippen LogP contribution in [0.4, 0.5) is 0 Å². The van der Waals surface area contributed by atoms with Gasteiger partial charge in [0.2, 0.25) is 0 Å². The molecule has 1 saturated heterocycles. The van der Waals surface area contributed by atoms with E-state index in [0.717, 1.165) is 16.4 Å². The molecule has 15 heavy (non-hydrogen) atoms. The van der Waals surface area contributed by atoms with Crippen molar-refractivity contribution in [2.75, 3.05) is 5.75 Å². The molecule has 0 aromatic rings. The number of nitrogens with two attached hydrogens (primary N) is 1. The molecule has 2 rings (SSSR count). The molecule has 0 amide bonds. The van der Waals surface area contributed by atoms with E-state index in [9.17, 15) is 0 Å². The van der Waals surface area contributed by atoms with E-state index in [0.29, 0.717) is 11.3 Å². The van der Waals surface area contributed by atoms with Crippen molar-refractivity contribution >= 4 is 23.5 Å². The fourth-order valence-electron chi connectivity index (χ4n) is 2.05. The fourth-order valence-corrected chi connectivity index (χ4v) is 5.15. The van der Waals surface area contributed by atoms with Gasteiger partial charge in [-0.2, -0.15) is 23.5 Å². The maximum Gasteiger partial charge on any atom is 0.0292 e. The Balaban J connectivity index is 1.71. The van der Waals surface area contributed by atoms with Crippen molar-refractivity contribution < 1.29 is 0 Å². The van der Waals surface area contributed by atoms with E-state index < -0.39 is 0 Å². The highest BCUT2D eigenvalue weighted by Crippen LogP contribution is 2.39. The summed E-state index contributed by atoms with van der Waals surface area (Å²) in [7, 11) is 0. The molecule has 1 saturated carbocycles. The van der Waals surface area contributed by atoms with Crippen LogP contribution in [0.3, 0.4) is 0 Å². The van der Waals surface area contributed by atoms with Crippen LogP contribution >= 0.6 is 23.5 Å². The van der Waals surface area contributed by atoms with Crippen LogP contribution < -0.4 is 5.73 Å². The predicted octanol–water partition coefficient (Wildman–Crippen LogP) is 3.13. The third-order valence-corrected chi connectivity index (χ3v) is 7.23. The lowest BCUT2D eigenvalue weighted by atomic mass is 10.1. The van der Waals surface area contributed by atoms with Gasteiger partial charge in [-0.15, -0.1) is 0 Å². The smallest absolute Gasteiger partial charge is 0.0292 e. The van der Waals surface area contributed by atoms with E-state index in [-0.39, 0.29) is 0 Å². The zero-order valence-corrected chi connectivity index (χ0v) is 11.4. The molecule has 1 aliphatic carbocycles. The molecule has 0 spiro atoms. The quantitative estimate of drug-likeness (QED) is 0.824. The average molecular weight is 245 g/mol. The van der Waals surface area contributed by atoms with Crippen molar-refractivity contribution in [1.82, 2.24) is 0 Å². The van der Waals surface area contributed by atoms with Crippen molar-refractivity contribution in [2.45, 2.75) is 61.3 Å². The third-order valence-electron chi connectivity index (χ3n) is 3.66. The lowest BCUT2D eigenvalue weighted by molar-refractivity contribution is 0.550. The lowest BCUT2D eigenvalue weighted by Gasteiger charge is -2.34. The average Bonchev–Trinajstić information content (AvgIpc) is 3.02. The Bertz CT molecular complexity index is 206. The second-order valence-corrected chi connectivity index (χ2v) is 8.13. The summed E-state index contributed by atoms with van der Waals surface area (Å²) in [6.45, 7) is 4.69. The highest BCUT2D eigenvalue weighted by atomic mass is 32.2. The Morgan fingerprint density at radius 1 is 1.27 bits per heavy atom. The molecule has 1 nitrogen and oxygen atoms in total. The molecule has 3 heteroatoms. The van der Waals surface area contributed by atoms with Crippen LogP contribution in [-0.4, -0.2) is 27.5 Å². The molecular formula is C12H23NS2. The van der Waals surface area contributed by atoms with Gasteiger partial charge in [0.25, 0.3) is 0 Å². The number of rotatable bonds is 4. The SMILES string of the molecule is CC1SCC(C(N)CCC2CC2)SC1C. The first-order chi connectivity index (χ1) is 7.16. The molecule has 4 unspecified atom stereocenters. The van der Waals surface area contributed by atoms with Gasteiger partial charge in [-0.25, -0.2) is 0 Å². The van der Waals surface area contributed by atoms with Crippen LogP contribution in [-0.2, 0) is 0 Å². The topological polar surface area (TPSA) is 26.0 Å². The Kier molecular flexibility index (Phi) is 4.31. The molecule has 0 bridgehead atoms. The van der Waals surface area contributed by atoms with Crippen molar-refractivity contribution in [3.63, 3.8) is 0 Å². The van der Waals surface area contributed by atoms with Crippen molar-refractivity contribution in [3.8, 4) is 0 Å². The summed E-state index contributed by atoms with van der Waals surface area (Å²) in [4.78, 5) is 0. The first-order valence-corrected chi connectivity index (χ1v) is 8.18. The maximum absolute atomic E-state index is 6.30. The largest absolute Gasteiger partial charge is 0.327 e. The normalized spacial score (nSPS) is 39.0. The molecular weight excluding hydrogens is 222 g/mol. The van der Waals surface area contributed by atoms with Gasteiger partial charge in [0.05, 0.1) is 0 Å². The molecule has 1 aliphatic heterocycles. The molecule has 0 radical (unpaired) electrons. The minimum atomic E-state index is 0.443. The highest BCUT2D eigenvalue weighted by Gasteiger charge is 2.30. The van der Waals surface area contributed by atoms with Crippen LogP contribution in [0.25, 0.3) is 0 Å². The van der Waals surface area contributed by atoms with Gasteiger partial charge in [-0.3, -0.25) is 0 Å². The fraction of sp³-hybridized carbons (Fsp3) is 1.00. The molecule has 2 aliphatic rings. The monoisotopic (exact) mass is 245 g/mol. The van der Waals surface area contributed by atoms with Crippen LogP contribution in [0.5, 0.6) is 0 Å². The van der Waals surface area contributed by atoms with Crippen molar-refractivity contribution in [2.24, 2.45) is 11.7 Å². The van der Waals surface area contributed by atoms with E-state index in [1.54, 1.807) is 0 Å². The summed E-state index contributed by atoms with van der Waals surface area (Å²) in [5.41, 5.74) is 6.30. The Morgan fingerprint density at radius 3 is 2.60 bits per heavy atom. The maximum atomic E-state index is 6.30. The third kappa shape index (κ3) is 3.57. The first-order valence-electron chi connectivity index (χ1n) is 6.19. The Hall–Kier alpha value is 0.660. The summed E-state index contributed by atoms with van der Waals surface area (Å²) in [5, 5.41) is 2.29. The minimum Gasteiger partial charge on any atom is -0.327 e. The van der Waals surface area contributed by atoms with E-state index >= 15 is 0 Å². The van der Waals surface area contributed by atoms with Crippen molar-refractivity contribution in [1.29, 1.82) is 0 Å². The summed E-state index contributed by atoms with van der Waals surface area (Å²) < 4.78 is 0. The van der Waals surface area contributed by atoms with Crippen LogP contribution in [0, 0.1) is 5.92 Å². The molecule has 1 heterocycles. The summed E-state index contributed by atoms with van der Waals surface area (Å²) in [6, 6.07) is 0.443. The Labute approximate surface area is 102 Å². The minimum absolute atomic E-state index is 0.443. The predicted molar refractivity (Wildman–Crippen MR) is 72.7 cm³/mol. The Morgan fingerprint density at radius 2 is 2.00 bits per heavy atom. The van der Waals surface area contributed by atoms with E-state index in [1.807, 2.05) is 0 Å². The molecule has 2 fully saturated rings. The zero-order chi connectivity index (χ0) is 10.8. The van der Waals surface area contributed by atoms with Gasteiger partial charge < -0.3 is 5.73 Å². The van der Waals surface area contributed by atoms with Gasteiger partial charge in [-0.1, -0.05) is 26.7 Å². The summed E-state index contributed by atoms with van der Waals surface area (Å²) >= 11 is 4.24. The van der Waals surface area contributed by atoms with Crippen molar-refractivity contribution in [3.05, 3.63) is 0 Å². The summed E-state index contributed by atoms with van der Waals surface area (Å²) in [5.74, 6) is 2.30. The van der Waals surface area contributed by atoms with Gasteiger partial charge in [-0.05, 0) is 18.8 Å². The second kappa shape index (κ2) is 5.33. The molecule has 2 N–H and O–H groups in total. The standard InChI is InChI=1S/C12H23NS2/c1-8-9(2)15-12(7-14-8)11(13)6-5-10-3-4-10/h8-12H,3-7,13H2,1-2H3. The highest BCUT2D eigenvalue weighted by molar-refractivity contribution is 8.07. The number of hydrogen-bond acceptors (Lipinski definition) is 3. The molecule has 4 atom stereocenters. The van der Waals surface area contributed by atoms with Crippen LogP contribution in [0.1, 0.15) is 39.5 Å². The summed E-state index contributed by atoms with van der Waals surface area (Å²) in [6.07, 6.45) is 5.57. The van der Waals surface area contributed by atoms with Gasteiger partial charge in [0.15, 0.2) is 0 Å². The molecule has 0 aromatic heterocycles.